The highest BCUT2D eigenvalue weighted by atomic mass is 16.8. The predicted molar refractivity (Wildman–Crippen MR) is 99.0 cm³/mol. The molecule has 3 N–H and O–H groups in total. The van der Waals surface area contributed by atoms with E-state index < -0.39 is 17.8 Å². The summed E-state index contributed by atoms with van der Waals surface area (Å²) in [5.41, 5.74) is 8.49. The molecule has 0 amide bonds. The largest absolute Gasteiger partial charge is 0.421 e. The summed E-state index contributed by atoms with van der Waals surface area (Å²) < 4.78 is 15.8. The minimum absolute atomic E-state index is 0.111. The van der Waals surface area contributed by atoms with Crippen LogP contribution in [0.5, 0.6) is 0 Å². The fourth-order valence-corrected chi connectivity index (χ4v) is 3.99. The topological polar surface area (TPSA) is 137 Å². The van der Waals surface area contributed by atoms with Crippen LogP contribution in [0, 0.1) is 0 Å². The zero-order chi connectivity index (χ0) is 20.0. The second-order valence-electron chi connectivity index (χ2n) is 7.29. The molecule has 2 aromatic heterocycles. The van der Waals surface area contributed by atoms with Crippen molar-refractivity contribution in [2.24, 2.45) is 0 Å². The number of carbonyl (C=O) groups excluding carboxylic acids is 2. The molecule has 150 valence electrons. The average Bonchev–Trinajstić information content (AvgIpc) is 3.36. The lowest BCUT2D eigenvalue weighted by atomic mass is 10.0. The smallest absolute Gasteiger partial charge is 0.400 e. The number of fused-ring (bicyclic) bond motifs is 1. The molecule has 29 heavy (non-hydrogen) atoms. The Morgan fingerprint density at radius 2 is 2.03 bits per heavy atom. The third kappa shape index (κ3) is 3.11. The number of carbonyl (C=O) groups is 2. The van der Waals surface area contributed by atoms with Crippen molar-refractivity contribution in [2.75, 3.05) is 12.3 Å². The molecule has 0 unspecified atom stereocenters. The molecule has 0 radical (unpaired) electrons. The first-order chi connectivity index (χ1) is 14.0. The predicted octanol–water partition coefficient (Wildman–Crippen LogP) is 1.46. The maximum Gasteiger partial charge on any atom is 0.421 e. The number of nitrogens with zero attached hydrogens (tertiary/aromatic N) is 3. The Balaban J connectivity index is 1.43. The van der Waals surface area contributed by atoms with Crippen molar-refractivity contribution in [3.05, 3.63) is 41.4 Å². The standard InChI is InChI=1S/C19H19N5O5/c20-18-22-15(29-23-18)8-11-3-4-14-13(7-11)12(9-21-14)10-24-6-2-1-5-19(24)27-16(25)17(26)28-19/h3-4,7,9,21H,1-2,5-6,8,10H2,(H2,20,23). The van der Waals surface area contributed by atoms with E-state index in [4.69, 9.17) is 19.7 Å². The number of piperidine rings is 1. The van der Waals surface area contributed by atoms with Gasteiger partial charge >= 0.3 is 17.8 Å². The Bertz CT molecular complexity index is 1090. The Labute approximate surface area is 164 Å². The molecular weight excluding hydrogens is 378 g/mol. The zero-order valence-electron chi connectivity index (χ0n) is 15.5. The van der Waals surface area contributed by atoms with Gasteiger partial charge < -0.3 is 24.7 Å². The Hall–Kier alpha value is -3.40. The van der Waals surface area contributed by atoms with Crippen LogP contribution in [0.2, 0.25) is 0 Å². The quantitative estimate of drug-likeness (QED) is 0.495. The molecule has 4 heterocycles. The summed E-state index contributed by atoms with van der Waals surface area (Å²) in [6.07, 6.45) is 4.61. The van der Waals surface area contributed by atoms with E-state index in [2.05, 4.69) is 15.1 Å². The van der Waals surface area contributed by atoms with Gasteiger partial charge in [0.25, 0.3) is 5.95 Å². The number of H-pyrrole nitrogens is 1. The molecule has 2 aliphatic heterocycles. The minimum atomic E-state index is -1.30. The first-order valence-corrected chi connectivity index (χ1v) is 9.41. The number of aromatic nitrogens is 3. The number of ether oxygens (including phenoxy) is 2. The molecule has 0 atom stereocenters. The highest BCUT2D eigenvalue weighted by molar-refractivity contribution is 6.31. The lowest BCUT2D eigenvalue weighted by Crippen LogP contribution is -2.52. The van der Waals surface area contributed by atoms with E-state index in [0.29, 0.717) is 31.8 Å². The van der Waals surface area contributed by atoms with Crippen molar-refractivity contribution in [3.63, 3.8) is 0 Å². The first kappa shape index (κ1) is 17.7. The van der Waals surface area contributed by atoms with Crippen molar-refractivity contribution >= 4 is 28.8 Å². The third-order valence-corrected chi connectivity index (χ3v) is 5.36. The molecule has 2 aliphatic rings. The average molecular weight is 397 g/mol. The summed E-state index contributed by atoms with van der Waals surface area (Å²) in [7, 11) is 0. The number of anilines is 1. The normalized spacial score (nSPS) is 19.0. The lowest BCUT2D eigenvalue weighted by Gasteiger charge is -2.40. The highest BCUT2D eigenvalue weighted by Gasteiger charge is 2.53. The summed E-state index contributed by atoms with van der Waals surface area (Å²) >= 11 is 0. The molecule has 3 aromatic rings. The van der Waals surface area contributed by atoms with Crippen molar-refractivity contribution < 1.29 is 23.6 Å². The molecule has 2 fully saturated rings. The molecule has 0 aliphatic carbocycles. The van der Waals surface area contributed by atoms with Crippen molar-refractivity contribution in [2.45, 2.75) is 38.1 Å². The van der Waals surface area contributed by atoms with E-state index in [-0.39, 0.29) is 5.95 Å². The molecule has 0 saturated carbocycles. The number of nitrogens with two attached hydrogens (primary N) is 1. The number of rotatable bonds is 4. The third-order valence-electron chi connectivity index (χ3n) is 5.36. The zero-order valence-corrected chi connectivity index (χ0v) is 15.5. The van der Waals surface area contributed by atoms with Gasteiger partial charge in [-0.2, -0.15) is 4.98 Å². The number of nitrogens with one attached hydrogen (secondary N) is 1. The maximum absolute atomic E-state index is 11.7. The van der Waals surface area contributed by atoms with Gasteiger partial charge in [0.15, 0.2) is 0 Å². The molecule has 1 spiro atoms. The molecular formula is C19H19N5O5. The van der Waals surface area contributed by atoms with Crippen LogP contribution in [0.3, 0.4) is 0 Å². The van der Waals surface area contributed by atoms with E-state index in [1.807, 2.05) is 29.3 Å². The Morgan fingerprint density at radius 1 is 1.21 bits per heavy atom. The van der Waals surface area contributed by atoms with Crippen LogP contribution in [0.4, 0.5) is 5.95 Å². The maximum atomic E-state index is 11.7. The molecule has 2 saturated heterocycles. The molecule has 0 bridgehead atoms. The van der Waals surface area contributed by atoms with Gasteiger partial charge in [0, 0.05) is 36.6 Å². The van der Waals surface area contributed by atoms with Gasteiger partial charge in [-0.15, -0.1) is 0 Å². The van der Waals surface area contributed by atoms with Crippen LogP contribution < -0.4 is 5.73 Å². The fourth-order valence-electron chi connectivity index (χ4n) is 3.99. The number of benzene rings is 1. The number of hydrogen-bond donors (Lipinski definition) is 2. The van der Waals surface area contributed by atoms with Gasteiger partial charge in [0.2, 0.25) is 5.89 Å². The van der Waals surface area contributed by atoms with Gasteiger partial charge in [-0.25, -0.2) is 14.5 Å². The van der Waals surface area contributed by atoms with Gasteiger partial charge in [-0.3, -0.25) is 0 Å². The second kappa shape index (κ2) is 6.59. The monoisotopic (exact) mass is 397 g/mol. The summed E-state index contributed by atoms with van der Waals surface area (Å²) in [5, 5.41) is 4.63. The second-order valence-corrected chi connectivity index (χ2v) is 7.29. The van der Waals surface area contributed by atoms with Crippen LogP contribution in [0.1, 0.15) is 36.3 Å². The summed E-state index contributed by atoms with van der Waals surface area (Å²) in [6.45, 7) is 1.13. The fraction of sp³-hybridized carbons (Fsp3) is 0.368. The van der Waals surface area contributed by atoms with E-state index >= 15 is 0 Å². The SMILES string of the molecule is Nc1noc(Cc2ccc3[nH]cc(CN4CCCCC45OC(=O)C(=O)O5)c3c2)n1. The van der Waals surface area contributed by atoms with Crippen molar-refractivity contribution in [1.29, 1.82) is 0 Å². The van der Waals surface area contributed by atoms with Crippen LogP contribution in [0.15, 0.2) is 28.9 Å². The summed E-state index contributed by atoms with van der Waals surface area (Å²) in [6, 6.07) is 6.01. The summed E-state index contributed by atoms with van der Waals surface area (Å²) in [5.74, 6) is -2.61. The van der Waals surface area contributed by atoms with Crippen molar-refractivity contribution in [3.8, 4) is 0 Å². The summed E-state index contributed by atoms with van der Waals surface area (Å²) in [4.78, 5) is 32.5. The van der Waals surface area contributed by atoms with Gasteiger partial charge in [-0.05, 0) is 41.3 Å². The van der Waals surface area contributed by atoms with Crippen LogP contribution in [-0.4, -0.2) is 44.4 Å². The molecule has 10 nitrogen and oxygen atoms in total. The van der Waals surface area contributed by atoms with Crippen molar-refractivity contribution in [1.82, 2.24) is 20.0 Å². The minimum Gasteiger partial charge on any atom is -0.400 e. The lowest BCUT2D eigenvalue weighted by molar-refractivity contribution is -0.266. The molecule has 10 heteroatoms. The van der Waals surface area contributed by atoms with E-state index in [1.165, 1.54) is 0 Å². The molecule has 1 aromatic carbocycles. The number of aromatic amines is 1. The van der Waals surface area contributed by atoms with Gasteiger partial charge in [-0.1, -0.05) is 6.07 Å². The highest BCUT2D eigenvalue weighted by Crippen LogP contribution is 2.37. The Kier molecular flexibility index (Phi) is 4.02. The number of likely N-dealkylation sites (tertiary alicyclic amines) is 1. The van der Waals surface area contributed by atoms with Crippen LogP contribution >= 0.6 is 0 Å². The number of hydrogen-bond acceptors (Lipinski definition) is 9. The van der Waals surface area contributed by atoms with E-state index in [0.717, 1.165) is 34.9 Å². The number of nitrogen functional groups attached to an aromatic ring is 1. The van der Waals surface area contributed by atoms with Gasteiger partial charge in [0.1, 0.15) is 0 Å². The van der Waals surface area contributed by atoms with Gasteiger partial charge in [0.05, 0.1) is 6.42 Å². The Morgan fingerprint density at radius 3 is 2.79 bits per heavy atom. The van der Waals surface area contributed by atoms with Crippen LogP contribution in [0.25, 0.3) is 10.9 Å². The number of esters is 2. The first-order valence-electron chi connectivity index (χ1n) is 9.41. The van der Waals surface area contributed by atoms with Crippen LogP contribution in [-0.2, 0) is 32.0 Å². The van der Waals surface area contributed by atoms with E-state index in [1.54, 1.807) is 0 Å². The van der Waals surface area contributed by atoms with E-state index in [9.17, 15) is 9.59 Å². The molecule has 5 rings (SSSR count).